The van der Waals surface area contributed by atoms with E-state index in [1.54, 1.807) is 6.07 Å². The van der Waals surface area contributed by atoms with Crippen molar-refractivity contribution in [3.05, 3.63) is 22.7 Å². The summed E-state index contributed by atoms with van der Waals surface area (Å²) in [5.41, 5.74) is 2.27. The summed E-state index contributed by atoms with van der Waals surface area (Å²) in [4.78, 5) is 15.1. The molecule has 2 heterocycles. The van der Waals surface area contributed by atoms with Crippen molar-refractivity contribution in [2.45, 2.75) is 24.0 Å². The van der Waals surface area contributed by atoms with Crippen LogP contribution in [0, 0.1) is 11.3 Å². The predicted molar refractivity (Wildman–Crippen MR) is 60.5 cm³/mol. The molecule has 1 saturated heterocycles. The maximum absolute atomic E-state index is 11.7. The minimum atomic E-state index is -2.15. The summed E-state index contributed by atoms with van der Waals surface area (Å²) in [6, 6.07) is 2.88. The van der Waals surface area contributed by atoms with Crippen molar-refractivity contribution >= 4 is 5.82 Å². The summed E-state index contributed by atoms with van der Waals surface area (Å²) in [5.74, 6) is -0.0546. The van der Waals surface area contributed by atoms with Crippen molar-refractivity contribution in [3.8, 4) is 6.07 Å². The van der Waals surface area contributed by atoms with E-state index in [0.717, 1.165) is 10.8 Å². The summed E-state index contributed by atoms with van der Waals surface area (Å²) in [5, 5.41) is 37.8. The molecule has 19 heavy (non-hydrogen) atoms. The topological polar surface area (TPSA) is 155 Å². The van der Waals surface area contributed by atoms with E-state index in [9.17, 15) is 20.3 Å². The Bertz CT molecular complexity index is 582. The molecule has 0 aliphatic carbocycles. The molecule has 0 bridgehead atoms. The molecule has 0 saturated carbocycles. The van der Waals surface area contributed by atoms with E-state index >= 15 is 0 Å². The van der Waals surface area contributed by atoms with E-state index in [-0.39, 0.29) is 5.82 Å². The Kier molecular flexibility index (Phi) is 3.25. The highest BCUT2D eigenvalue weighted by Crippen LogP contribution is 2.34. The number of nitrogens with two attached hydrogens (primary N) is 1. The van der Waals surface area contributed by atoms with Gasteiger partial charge in [0.25, 0.3) is 5.72 Å². The van der Waals surface area contributed by atoms with Crippen LogP contribution in [0.1, 0.15) is 0 Å². The first kappa shape index (κ1) is 13.4. The molecule has 0 radical (unpaired) electrons. The molecule has 102 valence electrons. The van der Waals surface area contributed by atoms with Gasteiger partial charge in [0, 0.05) is 6.20 Å². The number of nitriles is 1. The van der Waals surface area contributed by atoms with E-state index < -0.39 is 36.3 Å². The Morgan fingerprint density at radius 3 is 2.79 bits per heavy atom. The van der Waals surface area contributed by atoms with Crippen LogP contribution in [0.25, 0.3) is 0 Å². The van der Waals surface area contributed by atoms with Gasteiger partial charge in [-0.05, 0) is 6.07 Å². The van der Waals surface area contributed by atoms with E-state index in [0.29, 0.717) is 0 Å². The van der Waals surface area contributed by atoms with Gasteiger partial charge in [0.15, 0.2) is 0 Å². The van der Waals surface area contributed by atoms with Gasteiger partial charge >= 0.3 is 5.69 Å². The molecule has 1 fully saturated rings. The number of ether oxygens (including phenoxy) is 1. The molecule has 2 rings (SSSR count). The van der Waals surface area contributed by atoms with Crippen LogP contribution in [0.4, 0.5) is 5.82 Å². The molecule has 1 aliphatic rings. The largest absolute Gasteiger partial charge is 0.394 e. The Morgan fingerprint density at radius 2 is 2.32 bits per heavy atom. The minimum absolute atomic E-state index is 0.0546. The highest BCUT2D eigenvalue weighted by molar-refractivity contribution is 5.25. The van der Waals surface area contributed by atoms with Gasteiger partial charge in [0.1, 0.15) is 30.2 Å². The van der Waals surface area contributed by atoms with Gasteiger partial charge in [-0.1, -0.05) is 0 Å². The average molecular weight is 268 g/mol. The van der Waals surface area contributed by atoms with Gasteiger partial charge in [0.2, 0.25) is 0 Å². The normalized spacial score (nSPS) is 34.1. The fraction of sp³-hybridized carbons (Fsp3) is 0.500. The predicted octanol–water partition coefficient (Wildman–Crippen LogP) is -2.89. The molecule has 9 heteroatoms. The second kappa shape index (κ2) is 4.60. The maximum Gasteiger partial charge on any atom is 0.352 e. The Morgan fingerprint density at radius 1 is 1.63 bits per heavy atom. The van der Waals surface area contributed by atoms with Crippen LogP contribution < -0.4 is 11.4 Å². The molecule has 5 N–H and O–H groups in total. The number of nitrogen functional groups attached to an aromatic ring is 1. The van der Waals surface area contributed by atoms with E-state index in [1.165, 1.54) is 6.07 Å². The zero-order chi connectivity index (χ0) is 14.2. The molecule has 0 spiro atoms. The quantitative estimate of drug-likeness (QED) is 0.445. The van der Waals surface area contributed by atoms with E-state index in [1.807, 2.05) is 0 Å². The Balaban J connectivity index is 2.56. The highest BCUT2D eigenvalue weighted by atomic mass is 16.6. The van der Waals surface area contributed by atoms with Crippen LogP contribution >= 0.6 is 0 Å². The van der Waals surface area contributed by atoms with Crippen LogP contribution in [-0.4, -0.2) is 49.8 Å². The number of aliphatic hydroxyl groups excluding tert-OH is 3. The Hall–Kier alpha value is -1.99. The second-order valence-corrected chi connectivity index (χ2v) is 4.09. The lowest BCUT2D eigenvalue weighted by Crippen LogP contribution is -2.49. The van der Waals surface area contributed by atoms with Crippen LogP contribution in [0.3, 0.4) is 0 Å². The van der Waals surface area contributed by atoms with Gasteiger partial charge < -0.3 is 25.8 Å². The molecular formula is C10H12N4O5. The lowest BCUT2D eigenvalue weighted by Gasteiger charge is -2.26. The number of rotatable bonds is 2. The first-order valence-electron chi connectivity index (χ1n) is 5.38. The van der Waals surface area contributed by atoms with E-state index in [4.69, 9.17) is 15.6 Å². The van der Waals surface area contributed by atoms with Crippen molar-refractivity contribution in [1.29, 1.82) is 5.26 Å². The lowest BCUT2D eigenvalue weighted by atomic mass is 10.0. The highest BCUT2D eigenvalue weighted by Gasteiger charge is 2.56. The SMILES string of the molecule is N#CC1(n2ccc(N)nc2=O)OC(CO)C(O)C1O. The van der Waals surface area contributed by atoms with Gasteiger partial charge in [-0.3, -0.25) is 4.57 Å². The zero-order valence-electron chi connectivity index (χ0n) is 9.67. The summed E-state index contributed by atoms with van der Waals surface area (Å²) in [6.07, 6.45) is -3.27. The van der Waals surface area contributed by atoms with Crippen LogP contribution in [0.5, 0.6) is 0 Å². The number of aromatic nitrogens is 2. The third-order valence-electron chi connectivity index (χ3n) is 2.96. The first-order valence-corrected chi connectivity index (χ1v) is 5.38. The summed E-state index contributed by atoms with van der Waals surface area (Å²) < 4.78 is 5.88. The second-order valence-electron chi connectivity index (χ2n) is 4.09. The fourth-order valence-corrected chi connectivity index (χ4v) is 1.96. The minimum Gasteiger partial charge on any atom is -0.394 e. The van der Waals surface area contributed by atoms with Gasteiger partial charge in [0.05, 0.1) is 6.61 Å². The molecule has 0 aromatic carbocycles. The summed E-state index contributed by atoms with van der Waals surface area (Å²) >= 11 is 0. The first-order chi connectivity index (χ1) is 8.96. The molecule has 1 aromatic rings. The maximum atomic E-state index is 11.7. The molecule has 9 nitrogen and oxygen atoms in total. The fourth-order valence-electron chi connectivity index (χ4n) is 1.96. The summed E-state index contributed by atoms with van der Waals surface area (Å²) in [7, 11) is 0. The standard InChI is InChI=1S/C10H12N4O5/c11-4-10(8(17)7(16)5(3-15)19-10)14-2-1-6(12)13-9(14)18/h1-2,5,7-8,15-17H,3H2,(H2,12,13,18). The lowest BCUT2D eigenvalue weighted by molar-refractivity contribution is -0.109. The zero-order valence-corrected chi connectivity index (χ0v) is 9.67. The molecule has 0 amide bonds. The molecule has 4 atom stereocenters. The van der Waals surface area contributed by atoms with Crippen molar-refractivity contribution in [2.24, 2.45) is 0 Å². The van der Waals surface area contributed by atoms with Crippen molar-refractivity contribution in [1.82, 2.24) is 9.55 Å². The van der Waals surface area contributed by atoms with Crippen LogP contribution in [0.2, 0.25) is 0 Å². The number of aliphatic hydroxyl groups is 3. The van der Waals surface area contributed by atoms with Crippen molar-refractivity contribution in [3.63, 3.8) is 0 Å². The van der Waals surface area contributed by atoms with E-state index in [2.05, 4.69) is 4.98 Å². The molecule has 1 aliphatic heterocycles. The number of anilines is 1. The molecule has 4 unspecified atom stereocenters. The average Bonchev–Trinajstić information content (AvgIpc) is 2.64. The Labute approximate surface area is 107 Å². The molecular weight excluding hydrogens is 256 g/mol. The number of hydrogen-bond donors (Lipinski definition) is 4. The van der Waals surface area contributed by atoms with Crippen molar-refractivity contribution < 1.29 is 20.1 Å². The number of hydrogen-bond acceptors (Lipinski definition) is 8. The number of nitrogens with zero attached hydrogens (tertiary/aromatic N) is 3. The van der Waals surface area contributed by atoms with Crippen LogP contribution in [0.15, 0.2) is 17.1 Å². The molecule has 1 aromatic heterocycles. The smallest absolute Gasteiger partial charge is 0.352 e. The third kappa shape index (κ3) is 1.87. The third-order valence-corrected chi connectivity index (χ3v) is 2.96. The summed E-state index contributed by atoms with van der Waals surface area (Å²) in [6.45, 7) is -0.612. The van der Waals surface area contributed by atoms with Gasteiger partial charge in [-0.15, -0.1) is 0 Å². The van der Waals surface area contributed by atoms with Crippen LogP contribution in [-0.2, 0) is 10.5 Å². The van der Waals surface area contributed by atoms with Gasteiger partial charge in [-0.2, -0.15) is 10.2 Å². The monoisotopic (exact) mass is 268 g/mol. The van der Waals surface area contributed by atoms with Crippen molar-refractivity contribution in [2.75, 3.05) is 12.3 Å². The van der Waals surface area contributed by atoms with Gasteiger partial charge in [-0.25, -0.2) is 4.79 Å².